The Morgan fingerprint density at radius 3 is 2.00 bits per heavy atom. The van der Waals surface area contributed by atoms with Gasteiger partial charge >= 0.3 is 0 Å². The summed E-state index contributed by atoms with van der Waals surface area (Å²) >= 11 is 0. The second kappa shape index (κ2) is 4.97. The SMILES string of the molecule is CC(C)(C)c1ccc(-c2cnccn2)nc1C(C)(C)C. The summed E-state index contributed by atoms with van der Waals surface area (Å²) < 4.78 is 0. The number of pyridine rings is 1. The highest BCUT2D eigenvalue weighted by molar-refractivity contribution is 5.54. The van der Waals surface area contributed by atoms with Crippen molar-refractivity contribution in [2.45, 2.75) is 52.4 Å². The van der Waals surface area contributed by atoms with Crippen LogP contribution in [0.25, 0.3) is 11.4 Å². The van der Waals surface area contributed by atoms with Crippen LogP contribution in [0, 0.1) is 0 Å². The van der Waals surface area contributed by atoms with Crippen molar-refractivity contribution in [3.63, 3.8) is 0 Å². The maximum Gasteiger partial charge on any atom is 0.107 e. The minimum absolute atomic E-state index is 0.000826. The van der Waals surface area contributed by atoms with E-state index < -0.39 is 0 Å². The van der Waals surface area contributed by atoms with Gasteiger partial charge in [-0.15, -0.1) is 0 Å². The van der Waals surface area contributed by atoms with Gasteiger partial charge in [-0.3, -0.25) is 15.0 Å². The lowest BCUT2D eigenvalue weighted by Gasteiger charge is -2.29. The van der Waals surface area contributed by atoms with Gasteiger partial charge in [0.1, 0.15) is 5.69 Å². The molecular formula is C17H23N3. The Labute approximate surface area is 121 Å². The van der Waals surface area contributed by atoms with E-state index in [0.29, 0.717) is 0 Å². The van der Waals surface area contributed by atoms with Crippen molar-refractivity contribution in [3.05, 3.63) is 42.0 Å². The van der Waals surface area contributed by atoms with Gasteiger partial charge in [-0.05, 0) is 17.0 Å². The van der Waals surface area contributed by atoms with Gasteiger partial charge in [0.2, 0.25) is 0 Å². The van der Waals surface area contributed by atoms with Gasteiger partial charge in [0, 0.05) is 17.8 Å². The summed E-state index contributed by atoms with van der Waals surface area (Å²) in [6.07, 6.45) is 5.13. The number of hydrogen-bond acceptors (Lipinski definition) is 3. The summed E-state index contributed by atoms with van der Waals surface area (Å²) in [5.74, 6) is 0. The van der Waals surface area contributed by atoms with Crippen LogP contribution in [-0.4, -0.2) is 15.0 Å². The first kappa shape index (κ1) is 14.6. The topological polar surface area (TPSA) is 38.7 Å². The quantitative estimate of drug-likeness (QED) is 0.781. The van der Waals surface area contributed by atoms with Gasteiger partial charge < -0.3 is 0 Å². The zero-order valence-corrected chi connectivity index (χ0v) is 13.2. The number of aromatic nitrogens is 3. The van der Waals surface area contributed by atoms with Gasteiger partial charge in [-0.2, -0.15) is 0 Å². The maximum atomic E-state index is 4.88. The molecule has 2 aromatic heterocycles. The Kier molecular flexibility index (Phi) is 3.63. The van der Waals surface area contributed by atoms with Gasteiger partial charge in [-0.1, -0.05) is 47.6 Å². The minimum Gasteiger partial charge on any atom is -0.261 e. The van der Waals surface area contributed by atoms with E-state index >= 15 is 0 Å². The highest BCUT2D eigenvalue weighted by atomic mass is 14.8. The smallest absolute Gasteiger partial charge is 0.107 e. The van der Waals surface area contributed by atoms with E-state index in [2.05, 4.69) is 57.6 Å². The third kappa shape index (κ3) is 3.03. The minimum atomic E-state index is 0.000826. The molecule has 0 radical (unpaired) electrons. The normalized spacial score (nSPS) is 12.5. The van der Waals surface area contributed by atoms with Crippen molar-refractivity contribution in [2.24, 2.45) is 0 Å². The fraction of sp³-hybridized carbons (Fsp3) is 0.471. The van der Waals surface area contributed by atoms with Crippen LogP contribution < -0.4 is 0 Å². The van der Waals surface area contributed by atoms with Gasteiger partial charge in [-0.25, -0.2) is 0 Å². The summed E-state index contributed by atoms with van der Waals surface area (Å²) in [6.45, 7) is 13.3. The van der Waals surface area contributed by atoms with Crippen LogP contribution in [0.3, 0.4) is 0 Å². The van der Waals surface area contributed by atoms with Crippen LogP contribution in [0.5, 0.6) is 0 Å². The molecule has 0 aliphatic heterocycles. The van der Waals surface area contributed by atoms with Gasteiger partial charge in [0.05, 0.1) is 17.6 Å². The van der Waals surface area contributed by atoms with Crippen molar-refractivity contribution >= 4 is 0 Å². The molecule has 2 rings (SSSR count). The summed E-state index contributed by atoms with van der Waals surface area (Å²) in [7, 11) is 0. The van der Waals surface area contributed by atoms with Gasteiger partial charge in [0.25, 0.3) is 0 Å². The van der Waals surface area contributed by atoms with Crippen LogP contribution in [0.1, 0.15) is 52.8 Å². The molecule has 0 aliphatic rings. The molecule has 0 N–H and O–H groups in total. The molecule has 0 saturated heterocycles. The molecule has 20 heavy (non-hydrogen) atoms. The molecule has 2 aromatic rings. The van der Waals surface area contributed by atoms with E-state index in [1.165, 1.54) is 5.56 Å². The standard InChI is InChI=1S/C17H23N3/c1-16(2,3)12-7-8-13(14-11-18-9-10-19-14)20-15(12)17(4,5)6/h7-11H,1-6H3. The summed E-state index contributed by atoms with van der Waals surface area (Å²) in [6, 6.07) is 4.22. The van der Waals surface area contributed by atoms with Crippen molar-refractivity contribution in [2.75, 3.05) is 0 Å². The van der Waals surface area contributed by atoms with E-state index in [1.54, 1.807) is 18.6 Å². The van der Waals surface area contributed by atoms with E-state index in [9.17, 15) is 0 Å². The van der Waals surface area contributed by atoms with Crippen molar-refractivity contribution in [1.29, 1.82) is 0 Å². The molecule has 0 unspecified atom stereocenters. The van der Waals surface area contributed by atoms with Gasteiger partial charge in [0.15, 0.2) is 0 Å². The predicted octanol–water partition coefficient (Wildman–Crippen LogP) is 4.13. The summed E-state index contributed by atoms with van der Waals surface area (Å²) in [5.41, 5.74) is 4.21. The van der Waals surface area contributed by atoms with E-state index in [1.807, 2.05) is 6.07 Å². The second-order valence-corrected chi connectivity index (χ2v) is 7.18. The lowest BCUT2D eigenvalue weighted by Crippen LogP contribution is -2.23. The highest BCUT2D eigenvalue weighted by Crippen LogP contribution is 2.33. The van der Waals surface area contributed by atoms with E-state index in [-0.39, 0.29) is 10.8 Å². The van der Waals surface area contributed by atoms with Crippen molar-refractivity contribution in [1.82, 2.24) is 15.0 Å². The molecule has 106 valence electrons. The van der Waals surface area contributed by atoms with Crippen LogP contribution in [-0.2, 0) is 10.8 Å². The van der Waals surface area contributed by atoms with Crippen molar-refractivity contribution in [3.8, 4) is 11.4 Å². The molecule has 0 saturated carbocycles. The molecule has 0 atom stereocenters. The van der Waals surface area contributed by atoms with Crippen molar-refractivity contribution < 1.29 is 0 Å². The first-order chi connectivity index (χ1) is 9.19. The molecule has 2 heterocycles. The molecular weight excluding hydrogens is 246 g/mol. The summed E-state index contributed by atoms with van der Waals surface area (Å²) in [4.78, 5) is 13.3. The third-order valence-corrected chi connectivity index (χ3v) is 3.24. The highest BCUT2D eigenvalue weighted by Gasteiger charge is 2.27. The fourth-order valence-electron chi connectivity index (χ4n) is 2.21. The Hall–Kier alpha value is -1.77. The Bertz CT molecular complexity index is 590. The molecule has 0 aliphatic carbocycles. The molecule has 3 heteroatoms. The monoisotopic (exact) mass is 269 g/mol. The molecule has 0 bridgehead atoms. The molecule has 0 aromatic carbocycles. The van der Waals surface area contributed by atoms with E-state index in [0.717, 1.165) is 17.1 Å². The second-order valence-electron chi connectivity index (χ2n) is 7.18. The molecule has 0 spiro atoms. The van der Waals surface area contributed by atoms with Crippen LogP contribution in [0.15, 0.2) is 30.7 Å². The molecule has 0 amide bonds. The van der Waals surface area contributed by atoms with Crippen LogP contribution in [0.2, 0.25) is 0 Å². The Balaban J connectivity index is 2.62. The molecule has 3 nitrogen and oxygen atoms in total. The lowest BCUT2D eigenvalue weighted by molar-refractivity contribution is 0.514. The average Bonchev–Trinajstić information content (AvgIpc) is 2.37. The first-order valence-corrected chi connectivity index (χ1v) is 6.98. The van der Waals surface area contributed by atoms with Crippen LogP contribution in [0.4, 0.5) is 0 Å². The first-order valence-electron chi connectivity index (χ1n) is 6.98. The number of rotatable bonds is 1. The maximum absolute atomic E-state index is 4.88. The third-order valence-electron chi connectivity index (χ3n) is 3.24. The zero-order chi connectivity index (χ0) is 15.0. The lowest BCUT2D eigenvalue weighted by atomic mass is 9.78. The number of hydrogen-bond donors (Lipinski definition) is 0. The van der Waals surface area contributed by atoms with E-state index in [4.69, 9.17) is 4.98 Å². The fourth-order valence-corrected chi connectivity index (χ4v) is 2.21. The largest absolute Gasteiger partial charge is 0.261 e. The Morgan fingerprint density at radius 2 is 1.50 bits per heavy atom. The Morgan fingerprint density at radius 1 is 0.800 bits per heavy atom. The number of nitrogens with zero attached hydrogens (tertiary/aromatic N) is 3. The summed E-state index contributed by atoms with van der Waals surface area (Å²) in [5, 5.41) is 0. The average molecular weight is 269 g/mol. The zero-order valence-electron chi connectivity index (χ0n) is 13.2. The van der Waals surface area contributed by atoms with Crippen LogP contribution >= 0.6 is 0 Å². The predicted molar refractivity (Wildman–Crippen MR) is 82.7 cm³/mol. The molecule has 0 fully saturated rings.